The van der Waals surface area contributed by atoms with Gasteiger partial charge in [-0.3, -0.25) is 4.79 Å². The summed E-state index contributed by atoms with van der Waals surface area (Å²) in [6.45, 7) is 6.35. The molecule has 1 atom stereocenters. The van der Waals surface area contributed by atoms with Crippen molar-refractivity contribution in [1.82, 2.24) is 10.5 Å². The number of amides is 1. The van der Waals surface area contributed by atoms with Gasteiger partial charge in [0.15, 0.2) is 0 Å². The van der Waals surface area contributed by atoms with Gasteiger partial charge in [-0.25, -0.2) is 0 Å². The number of carbonyl (C=O) groups excluding carboxylic acids is 1. The summed E-state index contributed by atoms with van der Waals surface area (Å²) in [4.78, 5) is 12.3. The summed E-state index contributed by atoms with van der Waals surface area (Å²) in [6.07, 6.45) is 0.323. The highest BCUT2D eigenvalue weighted by Gasteiger charge is 2.14. The average molecular weight is 347 g/mol. The summed E-state index contributed by atoms with van der Waals surface area (Å²) in [6, 6.07) is 5.26. The molecule has 25 heavy (non-hydrogen) atoms. The van der Waals surface area contributed by atoms with Gasteiger partial charge < -0.3 is 24.6 Å². The number of aromatic nitrogens is 1. The number of nitrogens with zero attached hydrogens (tertiary/aromatic N) is 1. The Morgan fingerprint density at radius 3 is 2.64 bits per heavy atom. The van der Waals surface area contributed by atoms with Crippen molar-refractivity contribution < 1.29 is 18.8 Å². The van der Waals surface area contributed by atoms with E-state index in [1.807, 2.05) is 20.8 Å². The lowest BCUT2D eigenvalue weighted by Gasteiger charge is -2.15. The van der Waals surface area contributed by atoms with Crippen molar-refractivity contribution in [1.29, 1.82) is 0 Å². The van der Waals surface area contributed by atoms with Gasteiger partial charge in [0.05, 0.1) is 25.6 Å². The number of ether oxygens (including phenoxy) is 2. The second kappa shape index (κ2) is 8.53. The molecule has 0 aliphatic carbocycles. The third-order valence-electron chi connectivity index (χ3n) is 3.98. The molecule has 1 aromatic carbocycles. The highest BCUT2D eigenvalue weighted by Crippen LogP contribution is 2.29. The monoisotopic (exact) mass is 347 g/mol. The first-order valence-electron chi connectivity index (χ1n) is 8.11. The van der Waals surface area contributed by atoms with Gasteiger partial charge in [0.2, 0.25) is 5.91 Å². The fourth-order valence-electron chi connectivity index (χ4n) is 2.49. The highest BCUT2D eigenvalue weighted by molar-refractivity contribution is 5.92. The Hall–Kier alpha value is -2.54. The summed E-state index contributed by atoms with van der Waals surface area (Å²) in [5, 5.41) is 10.1. The standard InChI is InChI=1S/C18H25N3O4/c1-11(19-10-15-12(2)21-25-13(15)3)8-18(22)20-16-9-14(23-4)6-7-17(16)24-5/h6-7,9,11,19H,8,10H2,1-5H3,(H,20,22). The molecule has 7 nitrogen and oxygen atoms in total. The fourth-order valence-corrected chi connectivity index (χ4v) is 2.49. The van der Waals surface area contributed by atoms with Crippen LogP contribution in [0.2, 0.25) is 0 Å². The van der Waals surface area contributed by atoms with Gasteiger partial charge in [0.1, 0.15) is 17.3 Å². The van der Waals surface area contributed by atoms with Crippen LogP contribution in [0.3, 0.4) is 0 Å². The molecule has 1 unspecified atom stereocenters. The van der Waals surface area contributed by atoms with Gasteiger partial charge >= 0.3 is 0 Å². The number of hydrogen-bond donors (Lipinski definition) is 2. The molecule has 1 amide bonds. The van der Waals surface area contributed by atoms with Crippen LogP contribution >= 0.6 is 0 Å². The van der Waals surface area contributed by atoms with Crippen LogP contribution in [0.1, 0.15) is 30.4 Å². The van der Waals surface area contributed by atoms with Crippen LogP contribution in [0.4, 0.5) is 5.69 Å². The molecule has 0 spiro atoms. The summed E-state index contributed by atoms with van der Waals surface area (Å²) in [7, 11) is 3.14. The van der Waals surface area contributed by atoms with Gasteiger partial charge in [-0.1, -0.05) is 5.16 Å². The lowest BCUT2D eigenvalue weighted by atomic mass is 10.1. The minimum absolute atomic E-state index is 0.00898. The van der Waals surface area contributed by atoms with Crippen molar-refractivity contribution in [2.75, 3.05) is 19.5 Å². The van der Waals surface area contributed by atoms with Crippen LogP contribution in [-0.2, 0) is 11.3 Å². The maximum Gasteiger partial charge on any atom is 0.226 e. The van der Waals surface area contributed by atoms with Gasteiger partial charge in [-0.2, -0.15) is 0 Å². The molecule has 2 rings (SSSR count). The smallest absolute Gasteiger partial charge is 0.226 e. The molecule has 2 aromatic rings. The van der Waals surface area contributed by atoms with E-state index >= 15 is 0 Å². The Kier molecular flexibility index (Phi) is 6.41. The Morgan fingerprint density at radius 2 is 2.04 bits per heavy atom. The van der Waals surface area contributed by atoms with E-state index < -0.39 is 0 Å². The van der Waals surface area contributed by atoms with Crippen molar-refractivity contribution in [3.63, 3.8) is 0 Å². The Labute approximate surface area is 147 Å². The van der Waals surface area contributed by atoms with E-state index in [2.05, 4.69) is 15.8 Å². The van der Waals surface area contributed by atoms with Crippen LogP contribution in [-0.4, -0.2) is 31.3 Å². The maximum atomic E-state index is 12.3. The van der Waals surface area contributed by atoms with E-state index in [1.165, 1.54) is 0 Å². The van der Waals surface area contributed by atoms with E-state index in [9.17, 15) is 4.79 Å². The zero-order valence-electron chi connectivity index (χ0n) is 15.3. The Morgan fingerprint density at radius 1 is 1.28 bits per heavy atom. The topological polar surface area (TPSA) is 85.6 Å². The van der Waals surface area contributed by atoms with Gasteiger partial charge in [-0.15, -0.1) is 0 Å². The minimum Gasteiger partial charge on any atom is -0.497 e. The van der Waals surface area contributed by atoms with E-state index in [4.69, 9.17) is 14.0 Å². The number of methoxy groups -OCH3 is 2. The van der Waals surface area contributed by atoms with Crippen molar-refractivity contribution in [3.05, 3.63) is 35.2 Å². The molecule has 0 saturated heterocycles. The molecule has 1 heterocycles. The molecular formula is C18H25N3O4. The number of rotatable bonds is 8. The quantitative estimate of drug-likeness (QED) is 0.764. The fraction of sp³-hybridized carbons (Fsp3) is 0.444. The van der Waals surface area contributed by atoms with Crippen molar-refractivity contribution >= 4 is 11.6 Å². The van der Waals surface area contributed by atoms with E-state index in [0.717, 1.165) is 17.0 Å². The normalized spacial score (nSPS) is 11.9. The molecule has 2 N–H and O–H groups in total. The van der Waals surface area contributed by atoms with E-state index in [-0.39, 0.29) is 11.9 Å². The SMILES string of the molecule is COc1ccc(OC)c(NC(=O)CC(C)NCc2c(C)noc2C)c1. The summed E-state index contributed by atoms with van der Waals surface area (Å²) >= 11 is 0. The zero-order valence-corrected chi connectivity index (χ0v) is 15.3. The van der Waals surface area contributed by atoms with Crippen LogP contribution in [0.15, 0.2) is 22.7 Å². The van der Waals surface area contributed by atoms with Crippen molar-refractivity contribution in [2.45, 2.75) is 39.8 Å². The third kappa shape index (κ3) is 4.96. The van der Waals surface area contributed by atoms with Crippen molar-refractivity contribution in [3.8, 4) is 11.5 Å². The van der Waals surface area contributed by atoms with Crippen LogP contribution in [0, 0.1) is 13.8 Å². The number of anilines is 1. The third-order valence-corrected chi connectivity index (χ3v) is 3.98. The highest BCUT2D eigenvalue weighted by atomic mass is 16.5. The van der Waals surface area contributed by atoms with Crippen molar-refractivity contribution in [2.24, 2.45) is 0 Å². The molecule has 0 bridgehead atoms. The number of aryl methyl sites for hydroxylation is 2. The minimum atomic E-state index is -0.106. The predicted octanol–water partition coefficient (Wildman–Crippen LogP) is 2.82. The molecule has 0 aliphatic heterocycles. The van der Waals surface area contributed by atoms with Crippen LogP contribution in [0.5, 0.6) is 11.5 Å². The van der Waals surface area contributed by atoms with Gasteiger partial charge in [-0.05, 0) is 32.9 Å². The summed E-state index contributed by atoms with van der Waals surface area (Å²) < 4.78 is 15.6. The molecule has 0 aliphatic rings. The molecule has 136 valence electrons. The molecule has 7 heteroatoms. The lowest BCUT2D eigenvalue weighted by molar-refractivity contribution is -0.116. The maximum absolute atomic E-state index is 12.3. The predicted molar refractivity (Wildman–Crippen MR) is 95.1 cm³/mol. The molecule has 0 radical (unpaired) electrons. The zero-order chi connectivity index (χ0) is 18.4. The summed E-state index contributed by atoms with van der Waals surface area (Å²) in [5.41, 5.74) is 2.48. The molecular weight excluding hydrogens is 322 g/mol. The number of hydrogen-bond acceptors (Lipinski definition) is 6. The molecule has 0 fully saturated rings. The Balaban J connectivity index is 1.91. The lowest BCUT2D eigenvalue weighted by Crippen LogP contribution is -2.30. The largest absolute Gasteiger partial charge is 0.497 e. The van der Waals surface area contributed by atoms with Crippen LogP contribution in [0.25, 0.3) is 0 Å². The Bertz CT molecular complexity index is 708. The number of benzene rings is 1. The number of nitrogens with one attached hydrogen (secondary N) is 2. The average Bonchev–Trinajstić information content (AvgIpc) is 2.91. The van der Waals surface area contributed by atoms with Gasteiger partial charge in [0.25, 0.3) is 0 Å². The molecule has 0 saturated carbocycles. The van der Waals surface area contributed by atoms with E-state index in [1.54, 1.807) is 32.4 Å². The summed E-state index contributed by atoms with van der Waals surface area (Å²) in [5.74, 6) is 1.93. The number of carbonyl (C=O) groups is 1. The first-order chi connectivity index (χ1) is 11.9. The first kappa shape index (κ1) is 18.8. The van der Waals surface area contributed by atoms with Gasteiger partial charge in [0, 0.05) is 30.6 Å². The molecule has 1 aromatic heterocycles. The first-order valence-corrected chi connectivity index (χ1v) is 8.11. The second-order valence-corrected chi connectivity index (χ2v) is 5.90. The van der Waals surface area contributed by atoms with E-state index in [0.29, 0.717) is 30.2 Å². The van der Waals surface area contributed by atoms with Crippen LogP contribution < -0.4 is 20.1 Å². The second-order valence-electron chi connectivity index (χ2n) is 5.90.